The van der Waals surface area contributed by atoms with E-state index < -0.39 is 5.97 Å². The second-order valence-corrected chi connectivity index (χ2v) is 9.11. The molecule has 1 N–H and O–H groups in total. The number of anilines is 1. The van der Waals surface area contributed by atoms with E-state index in [1.807, 2.05) is 28.8 Å². The lowest BCUT2D eigenvalue weighted by atomic mass is 10.2. The van der Waals surface area contributed by atoms with Crippen molar-refractivity contribution in [2.45, 2.75) is 18.6 Å². The molecule has 0 saturated carbocycles. The van der Waals surface area contributed by atoms with Crippen LogP contribution in [0.5, 0.6) is 0 Å². The molecular weight excluding hydrogens is 490 g/mol. The first-order chi connectivity index (χ1) is 17.0. The zero-order valence-corrected chi connectivity index (χ0v) is 20.8. The van der Waals surface area contributed by atoms with Gasteiger partial charge in [0.2, 0.25) is 5.91 Å². The molecule has 1 amide bonds. The van der Waals surface area contributed by atoms with Crippen LogP contribution in [0.1, 0.15) is 23.1 Å². The second-order valence-electron chi connectivity index (χ2n) is 7.73. The van der Waals surface area contributed by atoms with E-state index in [0.717, 1.165) is 24.6 Å². The summed E-state index contributed by atoms with van der Waals surface area (Å²) in [6.45, 7) is 5.72. The first-order valence-electron chi connectivity index (χ1n) is 11.2. The van der Waals surface area contributed by atoms with E-state index in [-0.39, 0.29) is 11.7 Å². The molecular formula is C24H26ClN5O4S. The molecule has 9 nitrogen and oxygen atoms in total. The third kappa shape index (κ3) is 6.82. The highest BCUT2D eigenvalue weighted by Gasteiger charge is 2.20. The van der Waals surface area contributed by atoms with Gasteiger partial charge in [-0.05, 0) is 55.5 Å². The number of hydrogen-bond donors (Lipinski definition) is 1. The van der Waals surface area contributed by atoms with E-state index in [4.69, 9.17) is 21.1 Å². The third-order valence-corrected chi connectivity index (χ3v) is 6.45. The number of nitrogens with one attached hydrogen (secondary N) is 1. The van der Waals surface area contributed by atoms with E-state index in [2.05, 4.69) is 20.4 Å². The SMILES string of the molecule is CCOC(=O)c1ccc(NC(=O)CSc2nnc(CN3CCOCC3)n2-c2ccc(Cl)cc2)cc1. The number of esters is 1. The van der Waals surface area contributed by atoms with Crippen LogP contribution in [0.25, 0.3) is 5.69 Å². The average molecular weight is 516 g/mol. The van der Waals surface area contributed by atoms with Gasteiger partial charge in [0.05, 0.1) is 37.7 Å². The van der Waals surface area contributed by atoms with Crippen molar-refractivity contribution in [3.05, 3.63) is 64.9 Å². The summed E-state index contributed by atoms with van der Waals surface area (Å²) < 4.78 is 12.4. The van der Waals surface area contributed by atoms with Crippen LogP contribution < -0.4 is 5.32 Å². The number of thioether (sulfide) groups is 1. The molecule has 0 spiro atoms. The van der Waals surface area contributed by atoms with Gasteiger partial charge in [-0.3, -0.25) is 14.3 Å². The van der Waals surface area contributed by atoms with Crippen molar-refractivity contribution < 1.29 is 19.1 Å². The summed E-state index contributed by atoms with van der Waals surface area (Å²) in [5, 5.41) is 12.9. The van der Waals surface area contributed by atoms with E-state index in [9.17, 15) is 9.59 Å². The molecule has 0 unspecified atom stereocenters. The number of carbonyl (C=O) groups excluding carboxylic acids is 2. The summed E-state index contributed by atoms with van der Waals surface area (Å²) in [7, 11) is 0. The number of nitrogens with zero attached hydrogens (tertiary/aromatic N) is 4. The minimum Gasteiger partial charge on any atom is -0.462 e. The van der Waals surface area contributed by atoms with Crippen LogP contribution >= 0.6 is 23.4 Å². The number of ether oxygens (including phenoxy) is 2. The van der Waals surface area contributed by atoms with Crippen molar-refractivity contribution in [3.63, 3.8) is 0 Å². The largest absolute Gasteiger partial charge is 0.462 e. The molecule has 1 aliphatic rings. The molecule has 1 aliphatic heterocycles. The number of rotatable bonds is 9. The summed E-state index contributed by atoms with van der Waals surface area (Å²) in [5.41, 5.74) is 1.90. The Morgan fingerprint density at radius 3 is 2.49 bits per heavy atom. The molecule has 35 heavy (non-hydrogen) atoms. The van der Waals surface area contributed by atoms with E-state index >= 15 is 0 Å². The minimum absolute atomic E-state index is 0.142. The zero-order valence-electron chi connectivity index (χ0n) is 19.3. The Balaban J connectivity index is 1.43. The quantitative estimate of drug-likeness (QED) is 0.340. The van der Waals surface area contributed by atoms with Gasteiger partial charge in [0.25, 0.3) is 0 Å². The number of benzene rings is 2. The minimum atomic E-state index is -0.393. The van der Waals surface area contributed by atoms with Crippen molar-refractivity contribution in [1.29, 1.82) is 0 Å². The Kier molecular flexibility index (Phi) is 8.75. The molecule has 0 atom stereocenters. The Morgan fingerprint density at radius 1 is 1.09 bits per heavy atom. The first-order valence-corrected chi connectivity index (χ1v) is 12.6. The summed E-state index contributed by atoms with van der Waals surface area (Å²) in [6, 6.07) is 14.0. The lowest BCUT2D eigenvalue weighted by Gasteiger charge is -2.26. The average Bonchev–Trinajstić information content (AvgIpc) is 3.26. The highest BCUT2D eigenvalue weighted by molar-refractivity contribution is 7.99. The van der Waals surface area contributed by atoms with Crippen LogP contribution in [0.2, 0.25) is 5.02 Å². The third-order valence-electron chi connectivity index (χ3n) is 5.27. The van der Waals surface area contributed by atoms with E-state index in [1.165, 1.54) is 11.8 Å². The smallest absolute Gasteiger partial charge is 0.338 e. The van der Waals surface area contributed by atoms with Crippen LogP contribution in [0.3, 0.4) is 0 Å². The topological polar surface area (TPSA) is 98.6 Å². The summed E-state index contributed by atoms with van der Waals surface area (Å²) in [5.74, 6) is 0.337. The Labute approximate surface area is 212 Å². The predicted octanol–water partition coefficient (Wildman–Crippen LogP) is 3.66. The number of morpholine rings is 1. The van der Waals surface area contributed by atoms with Gasteiger partial charge >= 0.3 is 5.97 Å². The maximum absolute atomic E-state index is 12.6. The number of halogens is 1. The number of carbonyl (C=O) groups is 2. The molecule has 0 aliphatic carbocycles. The summed E-state index contributed by atoms with van der Waals surface area (Å²) in [4.78, 5) is 26.7. The van der Waals surface area contributed by atoms with Gasteiger partial charge in [0.1, 0.15) is 0 Å². The Hall–Kier alpha value is -2.92. The highest BCUT2D eigenvalue weighted by Crippen LogP contribution is 2.24. The molecule has 2 aromatic carbocycles. The van der Waals surface area contributed by atoms with Crippen molar-refractivity contribution in [2.75, 3.05) is 44.0 Å². The van der Waals surface area contributed by atoms with Crippen LogP contribution in [0.4, 0.5) is 5.69 Å². The predicted molar refractivity (Wildman–Crippen MR) is 134 cm³/mol. The standard InChI is InChI=1S/C24H26ClN5O4S/c1-2-34-23(32)17-3-7-19(8-4-17)26-22(31)16-35-24-28-27-21(15-29-11-13-33-14-12-29)30(24)20-9-5-18(25)6-10-20/h3-10H,2,11-16H2,1H3,(H,26,31). The number of hydrogen-bond acceptors (Lipinski definition) is 8. The van der Waals surface area contributed by atoms with E-state index in [1.54, 1.807) is 31.2 Å². The fraction of sp³-hybridized carbons (Fsp3) is 0.333. The summed E-state index contributed by atoms with van der Waals surface area (Å²) in [6.07, 6.45) is 0. The van der Waals surface area contributed by atoms with Crippen LogP contribution in [0, 0.1) is 0 Å². The Morgan fingerprint density at radius 2 is 1.80 bits per heavy atom. The maximum Gasteiger partial charge on any atom is 0.338 e. The van der Waals surface area contributed by atoms with Crippen molar-refractivity contribution in [2.24, 2.45) is 0 Å². The van der Waals surface area contributed by atoms with Crippen molar-refractivity contribution in [1.82, 2.24) is 19.7 Å². The molecule has 2 heterocycles. The molecule has 1 aromatic heterocycles. The van der Waals surface area contributed by atoms with Gasteiger partial charge in [-0.25, -0.2) is 4.79 Å². The molecule has 3 aromatic rings. The first kappa shape index (κ1) is 25.2. The number of aromatic nitrogens is 3. The highest BCUT2D eigenvalue weighted by atomic mass is 35.5. The second kappa shape index (κ2) is 12.2. The van der Waals surface area contributed by atoms with Crippen LogP contribution in [0.15, 0.2) is 53.7 Å². The number of amides is 1. The summed E-state index contributed by atoms with van der Waals surface area (Å²) >= 11 is 7.38. The van der Waals surface area contributed by atoms with Gasteiger partial charge in [-0.1, -0.05) is 23.4 Å². The lowest BCUT2D eigenvalue weighted by Crippen LogP contribution is -2.36. The monoisotopic (exact) mass is 515 g/mol. The zero-order chi connectivity index (χ0) is 24.6. The fourth-order valence-corrected chi connectivity index (χ4v) is 4.43. The molecule has 1 fully saturated rings. The van der Waals surface area contributed by atoms with Gasteiger partial charge in [0.15, 0.2) is 11.0 Å². The van der Waals surface area contributed by atoms with Crippen LogP contribution in [-0.2, 0) is 20.8 Å². The lowest BCUT2D eigenvalue weighted by molar-refractivity contribution is -0.113. The Bertz CT molecular complexity index is 1150. The molecule has 184 valence electrons. The molecule has 0 bridgehead atoms. The van der Waals surface area contributed by atoms with Crippen molar-refractivity contribution >= 4 is 40.9 Å². The molecule has 1 saturated heterocycles. The van der Waals surface area contributed by atoms with Gasteiger partial charge in [-0.2, -0.15) is 0 Å². The maximum atomic E-state index is 12.6. The molecule has 0 radical (unpaired) electrons. The molecule has 4 rings (SSSR count). The van der Waals surface area contributed by atoms with Crippen LogP contribution in [-0.4, -0.2) is 70.2 Å². The normalized spacial score (nSPS) is 14.0. The fourth-order valence-electron chi connectivity index (χ4n) is 3.54. The van der Waals surface area contributed by atoms with Gasteiger partial charge < -0.3 is 14.8 Å². The van der Waals surface area contributed by atoms with Gasteiger partial charge in [-0.15, -0.1) is 10.2 Å². The van der Waals surface area contributed by atoms with Crippen molar-refractivity contribution in [3.8, 4) is 5.69 Å². The van der Waals surface area contributed by atoms with E-state index in [0.29, 0.717) is 47.8 Å². The van der Waals surface area contributed by atoms with Gasteiger partial charge in [0, 0.05) is 29.5 Å². The molecule has 11 heteroatoms.